The van der Waals surface area contributed by atoms with Crippen LogP contribution in [-0.4, -0.2) is 41.9 Å². The van der Waals surface area contributed by atoms with Gasteiger partial charge in [-0.1, -0.05) is 84.4 Å². The monoisotopic (exact) mass is 534 g/mol. The second-order valence-electron chi connectivity index (χ2n) is 13.1. The maximum absolute atomic E-state index is 11.7. The lowest BCUT2D eigenvalue weighted by atomic mass is 10.0. The van der Waals surface area contributed by atoms with Gasteiger partial charge in [0, 0.05) is 12.2 Å². The van der Waals surface area contributed by atoms with Crippen molar-refractivity contribution in [1.29, 1.82) is 0 Å². The van der Waals surface area contributed by atoms with Gasteiger partial charge in [-0.25, -0.2) is 4.79 Å². The van der Waals surface area contributed by atoms with E-state index in [9.17, 15) is 4.79 Å². The Labute approximate surface area is 224 Å². The Morgan fingerprint density at radius 2 is 1.39 bits per heavy atom. The van der Waals surface area contributed by atoms with Crippen LogP contribution in [0.5, 0.6) is 0 Å². The number of carbonyl (C=O) groups excluding carboxylic acids is 1. The number of ether oxygens (including phenoxy) is 1. The molecule has 0 aromatic heterocycles. The summed E-state index contributed by atoms with van der Waals surface area (Å²) in [6.45, 7) is 23.0. The summed E-state index contributed by atoms with van der Waals surface area (Å²) in [6, 6.07) is 10.7. The van der Waals surface area contributed by atoms with Gasteiger partial charge in [-0.05, 0) is 73.9 Å². The van der Waals surface area contributed by atoms with Crippen molar-refractivity contribution < 1.29 is 18.4 Å². The molecule has 0 aliphatic carbocycles. The van der Waals surface area contributed by atoms with Gasteiger partial charge in [0.2, 0.25) is 0 Å². The number of aryl methyl sites for hydroxylation is 1. The van der Waals surface area contributed by atoms with E-state index in [4.69, 9.17) is 13.6 Å². The van der Waals surface area contributed by atoms with Crippen LogP contribution in [0.2, 0.25) is 36.3 Å². The van der Waals surface area contributed by atoms with Crippen molar-refractivity contribution >= 4 is 22.6 Å². The first-order valence-electron chi connectivity index (χ1n) is 13.6. The largest absolute Gasteiger partial charge is 0.466 e. The molecule has 0 heterocycles. The first-order chi connectivity index (χ1) is 16.5. The van der Waals surface area contributed by atoms with Gasteiger partial charge in [0.25, 0.3) is 0 Å². The molecule has 0 N–H and O–H groups in total. The molecule has 1 aromatic carbocycles. The minimum Gasteiger partial charge on any atom is -0.466 e. The molecule has 0 saturated carbocycles. The van der Waals surface area contributed by atoms with Crippen molar-refractivity contribution in [2.75, 3.05) is 7.11 Å². The smallest absolute Gasteiger partial charge is 0.330 e. The number of hydrogen-bond donors (Lipinski definition) is 0. The molecular formula is C30H54O4Si2. The van der Waals surface area contributed by atoms with Crippen molar-refractivity contribution in [2.45, 2.75) is 129 Å². The molecule has 0 aliphatic rings. The van der Waals surface area contributed by atoms with E-state index in [-0.39, 0.29) is 28.3 Å². The third kappa shape index (κ3) is 11.4. The molecule has 0 bridgehead atoms. The maximum Gasteiger partial charge on any atom is 0.330 e. The molecule has 1 aromatic rings. The van der Waals surface area contributed by atoms with Crippen molar-refractivity contribution in [2.24, 2.45) is 0 Å². The topological polar surface area (TPSA) is 44.8 Å². The van der Waals surface area contributed by atoms with Crippen LogP contribution in [0.15, 0.2) is 42.5 Å². The summed E-state index contributed by atoms with van der Waals surface area (Å²) in [5.74, 6) is -0.323. The Kier molecular flexibility index (Phi) is 12.8. The Morgan fingerprint density at radius 3 is 1.89 bits per heavy atom. The van der Waals surface area contributed by atoms with Crippen LogP contribution in [0.4, 0.5) is 0 Å². The third-order valence-electron chi connectivity index (χ3n) is 8.00. The van der Waals surface area contributed by atoms with Gasteiger partial charge in [-0.15, -0.1) is 0 Å². The van der Waals surface area contributed by atoms with Gasteiger partial charge in [-0.2, -0.15) is 0 Å². The van der Waals surface area contributed by atoms with Gasteiger partial charge in [0.05, 0.1) is 13.2 Å². The van der Waals surface area contributed by atoms with Crippen LogP contribution in [0.3, 0.4) is 0 Å². The highest BCUT2D eigenvalue weighted by atomic mass is 28.4. The predicted octanol–water partition coefficient (Wildman–Crippen LogP) is 8.69. The fourth-order valence-electron chi connectivity index (χ4n) is 3.63. The van der Waals surface area contributed by atoms with E-state index in [0.29, 0.717) is 6.42 Å². The number of carbonyl (C=O) groups is 1. The van der Waals surface area contributed by atoms with Crippen LogP contribution in [0.25, 0.3) is 0 Å². The van der Waals surface area contributed by atoms with Crippen LogP contribution in [0.1, 0.15) is 79.2 Å². The number of benzene rings is 1. The Morgan fingerprint density at radius 1 is 0.861 bits per heavy atom. The van der Waals surface area contributed by atoms with Crippen molar-refractivity contribution in [3.63, 3.8) is 0 Å². The molecule has 0 saturated heterocycles. The summed E-state index contributed by atoms with van der Waals surface area (Å²) in [4.78, 5) is 11.7. The zero-order valence-electron chi connectivity index (χ0n) is 25.1. The standard InChI is InChI=1S/C30H54O4Si2/c1-29(2,3)35(8,9)33-26(21-16-15-20-25-18-13-12-14-19-25)24-27(22-17-23-28(31)32-7)34-36(10,11)30(4,5)6/h12-14,17-19,23,26-27H,15-16,20-22,24H2,1-11H3/b23-17-/t26-,27+/m1/s1. The molecular weight excluding hydrogens is 480 g/mol. The second-order valence-corrected chi connectivity index (χ2v) is 22.6. The van der Waals surface area contributed by atoms with Crippen LogP contribution < -0.4 is 0 Å². The molecule has 0 aliphatic heterocycles. The average Bonchev–Trinajstić information content (AvgIpc) is 2.75. The number of rotatable bonds is 14. The summed E-state index contributed by atoms with van der Waals surface area (Å²) in [5.41, 5.74) is 1.39. The molecule has 0 spiro atoms. The van der Waals surface area contributed by atoms with Gasteiger partial charge < -0.3 is 13.6 Å². The Balaban J connectivity index is 3.05. The summed E-state index contributed by atoms with van der Waals surface area (Å²) in [5, 5.41) is 0.263. The minimum atomic E-state index is -1.99. The van der Waals surface area contributed by atoms with Crippen molar-refractivity contribution in [3.05, 3.63) is 48.0 Å². The fraction of sp³-hybridized carbons (Fsp3) is 0.700. The molecule has 1 rings (SSSR count). The van der Waals surface area contributed by atoms with E-state index in [1.165, 1.54) is 18.7 Å². The molecule has 0 unspecified atom stereocenters. The predicted molar refractivity (Wildman–Crippen MR) is 159 cm³/mol. The summed E-state index contributed by atoms with van der Waals surface area (Å²) >= 11 is 0. The maximum atomic E-state index is 11.7. The molecule has 0 radical (unpaired) electrons. The van der Waals surface area contributed by atoms with E-state index in [0.717, 1.165) is 32.1 Å². The molecule has 2 atom stereocenters. The first kappa shape index (κ1) is 32.8. The summed E-state index contributed by atoms with van der Waals surface area (Å²) in [7, 11) is -2.53. The SMILES string of the molecule is COC(=O)/C=C\C[C@@H](C[C@@H](CCCCc1ccccc1)O[Si](C)(C)C(C)(C)C)O[Si](C)(C)C(C)(C)C. The first-order valence-corrected chi connectivity index (χ1v) is 19.4. The van der Waals surface area contributed by atoms with Crippen molar-refractivity contribution in [3.8, 4) is 0 Å². The Hall–Kier alpha value is -1.22. The molecule has 4 nitrogen and oxygen atoms in total. The highest BCUT2D eigenvalue weighted by Crippen LogP contribution is 2.40. The normalized spacial score (nSPS) is 15.2. The van der Waals surface area contributed by atoms with Gasteiger partial charge in [0.1, 0.15) is 0 Å². The average molecular weight is 535 g/mol. The highest BCUT2D eigenvalue weighted by molar-refractivity contribution is 6.74. The molecule has 0 fully saturated rings. The molecule has 6 heteroatoms. The minimum absolute atomic E-state index is 0.00990. The quantitative estimate of drug-likeness (QED) is 0.104. The van der Waals surface area contributed by atoms with E-state index >= 15 is 0 Å². The van der Waals surface area contributed by atoms with E-state index in [2.05, 4.69) is 98.1 Å². The van der Waals surface area contributed by atoms with Gasteiger partial charge in [0.15, 0.2) is 16.6 Å². The van der Waals surface area contributed by atoms with E-state index in [1.54, 1.807) is 0 Å². The summed E-state index contributed by atoms with van der Waals surface area (Å²) in [6.07, 6.45) is 9.50. The van der Waals surface area contributed by atoms with Crippen molar-refractivity contribution in [1.82, 2.24) is 0 Å². The lowest BCUT2D eigenvalue weighted by Crippen LogP contribution is -2.47. The zero-order chi connectivity index (χ0) is 27.6. The zero-order valence-corrected chi connectivity index (χ0v) is 27.1. The summed E-state index contributed by atoms with van der Waals surface area (Å²) < 4.78 is 18.7. The second kappa shape index (κ2) is 14.1. The van der Waals surface area contributed by atoms with Crippen LogP contribution >= 0.6 is 0 Å². The van der Waals surface area contributed by atoms with Crippen LogP contribution in [-0.2, 0) is 24.8 Å². The Bertz CT molecular complexity index is 804. The third-order valence-corrected chi connectivity index (χ3v) is 17.1. The molecule has 36 heavy (non-hydrogen) atoms. The van der Waals surface area contributed by atoms with Crippen LogP contribution in [0, 0.1) is 0 Å². The fourth-order valence-corrected chi connectivity index (χ4v) is 6.41. The molecule has 0 amide bonds. The highest BCUT2D eigenvalue weighted by Gasteiger charge is 2.41. The lowest BCUT2D eigenvalue weighted by molar-refractivity contribution is -0.134. The molecule has 206 valence electrons. The van der Waals surface area contributed by atoms with E-state index in [1.807, 2.05) is 6.08 Å². The van der Waals surface area contributed by atoms with Gasteiger partial charge >= 0.3 is 5.97 Å². The number of esters is 1. The number of hydrogen-bond acceptors (Lipinski definition) is 4. The number of unbranched alkanes of at least 4 members (excludes halogenated alkanes) is 1. The number of methoxy groups -OCH3 is 1. The van der Waals surface area contributed by atoms with E-state index < -0.39 is 16.6 Å². The lowest BCUT2D eigenvalue weighted by Gasteiger charge is -2.42. The van der Waals surface area contributed by atoms with Gasteiger partial charge in [-0.3, -0.25) is 0 Å².